The van der Waals surface area contributed by atoms with Crippen molar-refractivity contribution in [3.63, 3.8) is 0 Å². The van der Waals surface area contributed by atoms with Crippen LogP contribution in [0.15, 0.2) is 0 Å². The largest absolute Gasteiger partial charge is 0.381 e. The van der Waals surface area contributed by atoms with E-state index in [0.29, 0.717) is 13.2 Å². The highest BCUT2D eigenvalue weighted by molar-refractivity contribution is 8.13. The van der Waals surface area contributed by atoms with Gasteiger partial charge < -0.3 is 4.74 Å². The minimum atomic E-state index is -3.40. The summed E-state index contributed by atoms with van der Waals surface area (Å²) in [5.74, 6) is 0.0571. The molecule has 0 radical (unpaired) electrons. The average Bonchev–Trinajstić information content (AvgIpc) is 2.47. The molecule has 1 saturated carbocycles. The number of rotatable bonds is 5. The molecule has 0 saturated heterocycles. The molecule has 0 aromatic rings. The molecule has 1 aliphatic carbocycles. The van der Waals surface area contributed by atoms with Crippen molar-refractivity contribution < 1.29 is 13.2 Å². The number of hydrogen-bond donors (Lipinski definition) is 0. The predicted octanol–water partition coefficient (Wildman–Crippen LogP) is 2.15. The van der Waals surface area contributed by atoms with E-state index in [9.17, 15) is 8.42 Å². The predicted molar refractivity (Wildman–Crippen MR) is 57.0 cm³/mol. The molecule has 0 unspecified atom stereocenters. The first kappa shape index (κ1) is 12.3. The maximum Gasteiger partial charge on any atom is 0.233 e. The lowest BCUT2D eigenvalue weighted by Gasteiger charge is -2.26. The molecule has 1 rings (SSSR count). The van der Waals surface area contributed by atoms with Crippen molar-refractivity contribution in [3.8, 4) is 0 Å². The van der Waals surface area contributed by atoms with Gasteiger partial charge in [-0.25, -0.2) is 8.42 Å². The van der Waals surface area contributed by atoms with Crippen LogP contribution in [0.25, 0.3) is 0 Å². The van der Waals surface area contributed by atoms with Crippen LogP contribution in [0.1, 0.15) is 32.6 Å². The van der Waals surface area contributed by atoms with E-state index in [1.165, 1.54) is 0 Å². The lowest BCUT2D eigenvalue weighted by Crippen LogP contribution is -2.30. The van der Waals surface area contributed by atoms with Crippen LogP contribution in [0.4, 0.5) is 0 Å². The van der Waals surface area contributed by atoms with Gasteiger partial charge in [0.15, 0.2) is 0 Å². The molecule has 0 atom stereocenters. The lowest BCUT2D eigenvalue weighted by atomic mass is 9.90. The summed E-state index contributed by atoms with van der Waals surface area (Å²) >= 11 is 0. The van der Waals surface area contributed by atoms with Gasteiger partial charge in [0.1, 0.15) is 0 Å². The molecule has 0 aliphatic heterocycles. The van der Waals surface area contributed by atoms with Crippen molar-refractivity contribution >= 4 is 19.7 Å². The number of halogens is 1. The average molecular weight is 241 g/mol. The Labute approximate surface area is 90.2 Å². The van der Waals surface area contributed by atoms with Crippen molar-refractivity contribution in [2.24, 2.45) is 5.41 Å². The summed E-state index contributed by atoms with van der Waals surface area (Å²) in [6.07, 6.45) is 4.00. The second kappa shape index (κ2) is 4.81. The smallest absolute Gasteiger partial charge is 0.233 e. The summed E-state index contributed by atoms with van der Waals surface area (Å²) in [5.41, 5.74) is -0.212. The first-order chi connectivity index (χ1) is 6.47. The summed E-state index contributed by atoms with van der Waals surface area (Å²) in [4.78, 5) is 0. The molecule has 0 aromatic carbocycles. The van der Waals surface area contributed by atoms with Gasteiger partial charge in [0.2, 0.25) is 9.05 Å². The fourth-order valence-corrected chi connectivity index (χ4v) is 3.94. The van der Waals surface area contributed by atoms with Gasteiger partial charge in [-0.05, 0) is 19.8 Å². The Morgan fingerprint density at radius 2 is 1.93 bits per heavy atom. The highest BCUT2D eigenvalue weighted by Gasteiger charge is 2.37. The first-order valence-corrected chi connectivity index (χ1v) is 7.45. The van der Waals surface area contributed by atoms with E-state index < -0.39 is 9.05 Å². The van der Waals surface area contributed by atoms with Gasteiger partial charge >= 0.3 is 0 Å². The normalized spacial score (nSPS) is 21.3. The maximum absolute atomic E-state index is 11.1. The van der Waals surface area contributed by atoms with Crippen LogP contribution in [-0.4, -0.2) is 27.4 Å². The van der Waals surface area contributed by atoms with E-state index in [4.69, 9.17) is 15.4 Å². The topological polar surface area (TPSA) is 43.4 Å². The molecule has 14 heavy (non-hydrogen) atoms. The van der Waals surface area contributed by atoms with Gasteiger partial charge in [-0.15, -0.1) is 0 Å². The van der Waals surface area contributed by atoms with Crippen molar-refractivity contribution in [3.05, 3.63) is 0 Å². The highest BCUT2D eigenvalue weighted by Crippen LogP contribution is 2.40. The maximum atomic E-state index is 11.1. The van der Waals surface area contributed by atoms with Gasteiger partial charge in [0.05, 0.1) is 12.4 Å². The Morgan fingerprint density at radius 3 is 2.36 bits per heavy atom. The van der Waals surface area contributed by atoms with Crippen molar-refractivity contribution in [2.75, 3.05) is 19.0 Å². The van der Waals surface area contributed by atoms with Crippen molar-refractivity contribution in [2.45, 2.75) is 32.6 Å². The Bertz CT molecular complexity index is 268. The SMILES string of the molecule is CCOCC1(CS(=O)(=O)Cl)CCCC1. The molecule has 1 fully saturated rings. The standard InChI is InChI=1S/C9H17ClO3S/c1-2-13-7-9(5-3-4-6-9)8-14(10,11)12/h2-8H2,1H3. The van der Waals surface area contributed by atoms with E-state index >= 15 is 0 Å². The molecule has 84 valence electrons. The van der Waals surface area contributed by atoms with E-state index in [0.717, 1.165) is 25.7 Å². The minimum absolute atomic E-state index is 0.0571. The zero-order valence-corrected chi connectivity index (χ0v) is 10.0. The molecular weight excluding hydrogens is 224 g/mol. The fraction of sp³-hybridized carbons (Fsp3) is 1.00. The second-order valence-corrected chi connectivity index (χ2v) is 6.80. The molecule has 1 aliphatic rings. The highest BCUT2D eigenvalue weighted by atomic mass is 35.7. The summed E-state index contributed by atoms with van der Waals surface area (Å²) in [7, 11) is 1.89. The van der Waals surface area contributed by atoms with Crippen LogP contribution in [0.2, 0.25) is 0 Å². The summed E-state index contributed by atoms with van der Waals surface area (Å²) in [6.45, 7) is 3.07. The van der Waals surface area contributed by atoms with E-state index in [2.05, 4.69) is 0 Å². The van der Waals surface area contributed by atoms with Crippen LogP contribution in [-0.2, 0) is 13.8 Å². The van der Waals surface area contributed by atoms with Gasteiger partial charge in [-0.3, -0.25) is 0 Å². The Balaban J connectivity index is 2.62. The van der Waals surface area contributed by atoms with Crippen LogP contribution in [0.5, 0.6) is 0 Å². The second-order valence-electron chi connectivity index (χ2n) is 4.03. The summed E-state index contributed by atoms with van der Waals surface area (Å²) in [5, 5.41) is 0. The fourth-order valence-electron chi connectivity index (χ4n) is 2.14. The molecule has 0 amide bonds. The molecule has 0 bridgehead atoms. The minimum Gasteiger partial charge on any atom is -0.381 e. The zero-order chi connectivity index (χ0) is 10.7. The van der Waals surface area contributed by atoms with E-state index in [1.54, 1.807) is 0 Å². The van der Waals surface area contributed by atoms with E-state index in [1.807, 2.05) is 6.92 Å². The molecule has 0 heterocycles. The third-order valence-electron chi connectivity index (χ3n) is 2.76. The van der Waals surface area contributed by atoms with Gasteiger partial charge in [0.25, 0.3) is 0 Å². The van der Waals surface area contributed by atoms with Crippen LogP contribution >= 0.6 is 10.7 Å². The van der Waals surface area contributed by atoms with Crippen LogP contribution in [0.3, 0.4) is 0 Å². The van der Waals surface area contributed by atoms with Gasteiger partial charge in [-0.2, -0.15) is 0 Å². The summed E-state index contributed by atoms with van der Waals surface area (Å²) in [6, 6.07) is 0. The van der Waals surface area contributed by atoms with Crippen molar-refractivity contribution in [1.82, 2.24) is 0 Å². The molecule has 0 spiro atoms. The lowest BCUT2D eigenvalue weighted by molar-refractivity contribution is 0.0665. The van der Waals surface area contributed by atoms with Crippen LogP contribution in [0, 0.1) is 5.41 Å². The third kappa shape index (κ3) is 3.75. The molecule has 0 N–H and O–H groups in total. The molecule has 5 heteroatoms. The Hall–Kier alpha value is 0.200. The van der Waals surface area contributed by atoms with E-state index in [-0.39, 0.29) is 11.2 Å². The summed E-state index contributed by atoms with van der Waals surface area (Å²) < 4.78 is 27.5. The van der Waals surface area contributed by atoms with Gasteiger partial charge in [0, 0.05) is 22.7 Å². The third-order valence-corrected chi connectivity index (χ3v) is 4.04. The molecule has 3 nitrogen and oxygen atoms in total. The quantitative estimate of drug-likeness (QED) is 0.692. The molecule has 0 aromatic heterocycles. The van der Waals surface area contributed by atoms with Crippen molar-refractivity contribution in [1.29, 1.82) is 0 Å². The first-order valence-electron chi connectivity index (χ1n) is 4.97. The number of hydrogen-bond acceptors (Lipinski definition) is 3. The molecular formula is C9H17ClO3S. The Morgan fingerprint density at radius 1 is 1.36 bits per heavy atom. The van der Waals surface area contributed by atoms with Crippen LogP contribution < -0.4 is 0 Å². The number of ether oxygens (including phenoxy) is 1. The zero-order valence-electron chi connectivity index (χ0n) is 8.46. The monoisotopic (exact) mass is 240 g/mol. The van der Waals surface area contributed by atoms with Gasteiger partial charge in [-0.1, -0.05) is 12.8 Å². The Kier molecular flexibility index (Phi) is 4.22.